The van der Waals surface area contributed by atoms with Gasteiger partial charge in [0, 0.05) is 5.75 Å². The molecule has 1 atom stereocenters. The van der Waals surface area contributed by atoms with Crippen LogP contribution in [0.5, 0.6) is 0 Å². The second-order valence-electron chi connectivity index (χ2n) is 3.42. The molecule has 0 fully saturated rings. The summed E-state index contributed by atoms with van der Waals surface area (Å²) in [6.07, 6.45) is 3.76. The van der Waals surface area contributed by atoms with Crippen LogP contribution >= 0.6 is 11.8 Å². The first kappa shape index (κ1) is 14.8. The van der Waals surface area contributed by atoms with Crippen LogP contribution in [-0.2, 0) is 9.53 Å². The first-order valence-corrected chi connectivity index (χ1v) is 6.80. The van der Waals surface area contributed by atoms with E-state index in [1.54, 1.807) is 0 Å². The molecule has 1 unspecified atom stereocenters. The van der Waals surface area contributed by atoms with Crippen LogP contribution in [-0.4, -0.2) is 37.2 Å². The van der Waals surface area contributed by atoms with Crippen LogP contribution in [0.3, 0.4) is 0 Å². The first-order chi connectivity index (χ1) is 7.26. The number of hydrogen-bond donors (Lipinski definition) is 1. The molecule has 0 bridgehead atoms. The van der Waals surface area contributed by atoms with Gasteiger partial charge >= 0.3 is 5.97 Å². The van der Waals surface area contributed by atoms with E-state index < -0.39 is 0 Å². The molecular formula is C11H23NO2S. The summed E-state index contributed by atoms with van der Waals surface area (Å²) in [5.74, 6) is 1.79. The van der Waals surface area contributed by atoms with E-state index in [9.17, 15) is 4.79 Å². The molecule has 0 radical (unpaired) electrons. The Morgan fingerprint density at radius 2 is 2.13 bits per heavy atom. The van der Waals surface area contributed by atoms with Gasteiger partial charge in [-0.1, -0.05) is 26.7 Å². The van der Waals surface area contributed by atoms with Crippen LogP contribution < -0.4 is 5.32 Å². The molecule has 0 spiro atoms. The van der Waals surface area contributed by atoms with Crippen LogP contribution in [0.2, 0.25) is 0 Å². The molecule has 0 aliphatic heterocycles. The van der Waals surface area contributed by atoms with Crippen LogP contribution in [0.1, 0.15) is 33.1 Å². The maximum Gasteiger partial charge on any atom is 0.323 e. The van der Waals surface area contributed by atoms with Crippen molar-refractivity contribution in [3.05, 3.63) is 0 Å². The number of rotatable bonds is 9. The predicted octanol–water partition coefficient (Wildman–Crippen LogP) is 2.06. The van der Waals surface area contributed by atoms with Crippen LogP contribution in [0, 0.1) is 0 Å². The molecule has 0 aliphatic carbocycles. The topological polar surface area (TPSA) is 38.3 Å². The lowest BCUT2D eigenvalue weighted by molar-refractivity contribution is -0.142. The number of carbonyl (C=O) groups excluding carboxylic acids is 1. The highest BCUT2D eigenvalue weighted by Crippen LogP contribution is 2.08. The number of likely N-dealkylation sites (N-methyl/N-ethyl adjacent to an activating group) is 1. The number of ether oxygens (including phenoxy) is 1. The van der Waals surface area contributed by atoms with Gasteiger partial charge in [-0.15, -0.1) is 0 Å². The summed E-state index contributed by atoms with van der Waals surface area (Å²) in [4.78, 5) is 11.3. The monoisotopic (exact) mass is 233 g/mol. The second kappa shape index (κ2) is 10.3. The van der Waals surface area contributed by atoms with Crippen LogP contribution in [0.15, 0.2) is 0 Å². The zero-order chi connectivity index (χ0) is 11.5. The van der Waals surface area contributed by atoms with Gasteiger partial charge in [0.2, 0.25) is 0 Å². The van der Waals surface area contributed by atoms with E-state index >= 15 is 0 Å². The molecule has 1 N–H and O–H groups in total. The molecule has 0 aromatic carbocycles. The van der Waals surface area contributed by atoms with Crippen molar-refractivity contribution in [1.82, 2.24) is 5.32 Å². The van der Waals surface area contributed by atoms with E-state index in [0.29, 0.717) is 0 Å². The smallest absolute Gasteiger partial charge is 0.323 e. The first-order valence-electron chi connectivity index (χ1n) is 5.65. The Labute approximate surface area is 97.3 Å². The van der Waals surface area contributed by atoms with E-state index in [0.717, 1.165) is 18.1 Å². The Kier molecular flexibility index (Phi) is 10.2. The van der Waals surface area contributed by atoms with Crippen molar-refractivity contribution in [3.8, 4) is 0 Å². The predicted molar refractivity (Wildman–Crippen MR) is 66.3 cm³/mol. The maximum atomic E-state index is 11.3. The van der Waals surface area contributed by atoms with Gasteiger partial charge < -0.3 is 10.1 Å². The third-order valence-corrected chi connectivity index (χ3v) is 3.26. The van der Waals surface area contributed by atoms with Crippen molar-refractivity contribution in [3.63, 3.8) is 0 Å². The average Bonchev–Trinajstić information content (AvgIpc) is 2.26. The molecule has 4 heteroatoms. The Bertz CT molecular complexity index is 165. The summed E-state index contributed by atoms with van der Waals surface area (Å²) >= 11 is 1.82. The van der Waals surface area contributed by atoms with Crippen molar-refractivity contribution >= 4 is 17.7 Å². The normalized spacial score (nSPS) is 12.5. The van der Waals surface area contributed by atoms with Gasteiger partial charge in [-0.2, -0.15) is 11.8 Å². The van der Waals surface area contributed by atoms with Crippen molar-refractivity contribution in [1.29, 1.82) is 0 Å². The summed E-state index contributed by atoms with van der Waals surface area (Å²) < 4.78 is 4.73. The van der Waals surface area contributed by atoms with Crippen molar-refractivity contribution in [2.75, 3.05) is 25.2 Å². The lowest BCUT2D eigenvalue weighted by Crippen LogP contribution is -2.39. The Balaban J connectivity index is 3.61. The van der Waals surface area contributed by atoms with Crippen molar-refractivity contribution in [2.45, 2.75) is 39.2 Å². The van der Waals surface area contributed by atoms with E-state index in [2.05, 4.69) is 12.2 Å². The average molecular weight is 233 g/mol. The van der Waals surface area contributed by atoms with Gasteiger partial charge in [0.25, 0.3) is 0 Å². The lowest BCUT2D eigenvalue weighted by Gasteiger charge is -2.14. The number of thioether (sulfide) groups is 1. The highest BCUT2D eigenvalue weighted by Gasteiger charge is 2.16. The van der Waals surface area contributed by atoms with Gasteiger partial charge in [0.05, 0.1) is 7.11 Å². The van der Waals surface area contributed by atoms with Crippen molar-refractivity contribution in [2.24, 2.45) is 0 Å². The van der Waals surface area contributed by atoms with Gasteiger partial charge in [-0.25, -0.2) is 0 Å². The maximum absolute atomic E-state index is 11.3. The standard InChI is InChI=1S/C11H23NO2S/c1-4-6-7-8-15-9-10(12-5-2)11(13)14-3/h10,12H,4-9H2,1-3H3. The Morgan fingerprint density at radius 3 is 2.67 bits per heavy atom. The molecule has 3 nitrogen and oxygen atoms in total. The third kappa shape index (κ3) is 7.68. The number of unbranched alkanes of at least 4 members (excludes halogenated alkanes) is 2. The van der Waals surface area contributed by atoms with E-state index in [-0.39, 0.29) is 12.0 Å². The minimum atomic E-state index is -0.153. The minimum absolute atomic E-state index is 0.147. The highest BCUT2D eigenvalue weighted by atomic mass is 32.2. The molecular weight excluding hydrogens is 210 g/mol. The molecule has 0 saturated carbocycles. The summed E-state index contributed by atoms with van der Waals surface area (Å²) in [5, 5.41) is 3.13. The SMILES string of the molecule is CCCCCSCC(NCC)C(=O)OC. The molecule has 0 rings (SSSR count). The minimum Gasteiger partial charge on any atom is -0.468 e. The van der Waals surface area contributed by atoms with E-state index in [4.69, 9.17) is 4.74 Å². The Hall–Kier alpha value is -0.220. The van der Waals surface area contributed by atoms with E-state index in [1.165, 1.54) is 26.4 Å². The lowest BCUT2D eigenvalue weighted by atomic mass is 10.3. The molecule has 0 heterocycles. The molecule has 0 aromatic heterocycles. The molecule has 0 aliphatic rings. The number of nitrogens with one attached hydrogen (secondary N) is 1. The molecule has 0 amide bonds. The fourth-order valence-corrected chi connectivity index (χ4v) is 2.32. The largest absolute Gasteiger partial charge is 0.468 e. The summed E-state index contributed by atoms with van der Waals surface area (Å²) in [6.45, 7) is 4.99. The number of methoxy groups -OCH3 is 1. The molecule has 15 heavy (non-hydrogen) atoms. The summed E-state index contributed by atoms with van der Waals surface area (Å²) in [6, 6.07) is -0.147. The van der Waals surface area contributed by atoms with Crippen molar-refractivity contribution < 1.29 is 9.53 Å². The quantitative estimate of drug-likeness (QED) is 0.489. The number of esters is 1. The summed E-state index contributed by atoms with van der Waals surface area (Å²) in [7, 11) is 1.44. The number of hydrogen-bond acceptors (Lipinski definition) is 4. The Morgan fingerprint density at radius 1 is 1.40 bits per heavy atom. The molecule has 0 saturated heterocycles. The van der Waals surface area contributed by atoms with Gasteiger partial charge in [-0.3, -0.25) is 4.79 Å². The molecule has 0 aromatic rings. The zero-order valence-electron chi connectivity index (χ0n) is 10.0. The zero-order valence-corrected chi connectivity index (χ0v) is 10.9. The van der Waals surface area contributed by atoms with E-state index in [1.807, 2.05) is 18.7 Å². The fraction of sp³-hybridized carbons (Fsp3) is 0.909. The van der Waals surface area contributed by atoms with Crippen LogP contribution in [0.25, 0.3) is 0 Å². The fourth-order valence-electron chi connectivity index (χ4n) is 1.25. The highest BCUT2D eigenvalue weighted by molar-refractivity contribution is 7.99. The summed E-state index contributed by atoms with van der Waals surface area (Å²) in [5.41, 5.74) is 0. The van der Waals surface area contributed by atoms with Gasteiger partial charge in [-0.05, 0) is 18.7 Å². The van der Waals surface area contributed by atoms with Gasteiger partial charge in [0.15, 0.2) is 0 Å². The van der Waals surface area contributed by atoms with Crippen LogP contribution in [0.4, 0.5) is 0 Å². The molecule has 90 valence electrons. The third-order valence-electron chi connectivity index (χ3n) is 2.11. The number of carbonyl (C=O) groups is 1. The van der Waals surface area contributed by atoms with Gasteiger partial charge in [0.1, 0.15) is 6.04 Å². The second-order valence-corrected chi connectivity index (χ2v) is 4.57.